The molecule has 0 spiro atoms. The number of hydrogen-bond donors (Lipinski definition) is 11. The molecule has 71 heavy (non-hydrogen) atoms. The lowest BCUT2D eigenvalue weighted by Gasteiger charge is -2.31. The van der Waals surface area contributed by atoms with E-state index in [9.17, 15) is 48.3 Å². The van der Waals surface area contributed by atoms with Gasteiger partial charge in [0.25, 0.3) is 0 Å². The summed E-state index contributed by atoms with van der Waals surface area (Å²) in [7, 11) is 3.05. The molecule has 0 saturated carbocycles. The Hall–Kier alpha value is -6.88. The number of benzene rings is 1. The van der Waals surface area contributed by atoms with E-state index in [2.05, 4.69) is 41.9 Å². The fourth-order valence-electron chi connectivity index (χ4n) is 7.75. The average molecular weight is 994 g/mol. The number of H-pyrrole nitrogens is 1. The lowest BCUT2D eigenvalue weighted by atomic mass is 9.86. The van der Waals surface area contributed by atoms with Crippen molar-refractivity contribution in [2.45, 2.75) is 142 Å². The highest BCUT2D eigenvalue weighted by Crippen LogP contribution is 2.21. The van der Waals surface area contributed by atoms with Crippen molar-refractivity contribution in [1.82, 2.24) is 51.3 Å². The number of amides is 9. The SMILES string of the molecule is CC(C)C[C@H](NC(=O)[C@H](Cc1cncn1C)NC(=O)CN(C)C(=O)[C@@H](NC(=O)[C@H](C)NC(=O)[C@H](Cc1c[nH]c2ccccc12)NC(=O)[C@@H](N)CCC(N)=O)C(C)C)[C@@H](O)CC(=O)N[C@H](C(N)=O)C(C)(C)C. The Morgan fingerprint density at radius 3 is 2.03 bits per heavy atom. The first-order valence-electron chi connectivity index (χ1n) is 23.7. The molecule has 2 heterocycles. The van der Waals surface area contributed by atoms with E-state index in [0.717, 1.165) is 15.8 Å². The zero-order chi connectivity index (χ0) is 53.5. The van der Waals surface area contributed by atoms with Crippen LogP contribution in [0.25, 0.3) is 10.9 Å². The Bertz CT molecular complexity index is 2360. The molecule has 1 aromatic carbocycles. The first-order valence-corrected chi connectivity index (χ1v) is 23.7. The minimum Gasteiger partial charge on any atom is -0.390 e. The van der Waals surface area contributed by atoms with Crippen LogP contribution in [0.15, 0.2) is 43.0 Å². The second-order valence-electron chi connectivity index (χ2n) is 20.0. The summed E-state index contributed by atoms with van der Waals surface area (Å²) >= 11 is 0. The van der Waals surface area contributed by atoms with E-state index in [4.69, 9.17) is 17.2 Å². The first kappa shape index (κ1) is 58.4. The first-order chi connectivity index (χ1) is 33.1. The third-order valence-electron chi connectivity index (χ3n) is 11.9. The van der Waals surface area contributed by atoms with Crippen LogP contribution in [0.1, 0.15) is 92.3 Å². The fourth-order valence-corrected chi connectivity index (χ4v) is 7.75. The second kappa shape index (κ2) is 26.4. The zero-order valence-electron chi connectivity index (χ0n) is 42.5. The number of fused-ring (bicyclic) bond motifs is 1. The Kier molecular flexibility index (Phi) is 21.7. The number of aromatic nitrogens is 3. The molecule has 0 bridgehead atoms. The molecule has 23 nitrogen and oxygen atoms in total. The van der Waals surface area contributed by atoms with Crippen LogP contribution in [0.5, 0.6) is 0 Å². The van der Waals surface area contributed by atoms with Gasteiger partial charge in [-0.1, -0.05) is 66.7 Å². The van der Waals surface area contributed by atoms with Gasteiger partial charge in [-0.2, -0.15) is 0 Å². The van der Waals surface area contributed by atoms with Crippen LogP contribution in [-0.4, -0.2) is 140 Å². The quantitative estimate of drug-likeness (QED) is 0.0423. The number of para-hydroxylation sites is 1. The van der Waals surface area contributed by atoms with Gasteiger partial charge in [0.05, 0.1) is 37.5 Å². The van der Waals surface area contributed by atoms with Crippen molar-refractivity contribution in [1.29, 1.82) is 0 Å². The van der Waals surface area contributed by atoms with Gasteiger partial charge in [0.2, 0.25) is 53.2 Å². The van der Waals surface area contributed by atoms with Crippen molar-refractivity contribution in [2.75, 3.05) is 13.6 Å². The molecular weight excluding hydrogens is 919 g/mol. The van der Waals surface area contributed by atoms with Crippen molar-refractivity contribution in [3.05, 3.63) is 54.2 Å². The Morgan fingerprint density at radius 1 is 0.817 bits per heavy atom. The summed E-state index contributed by atoms with van der Waals surface area (Å²) in [6, 6.07) is -0.693. The highest BCUT2D eigenvalue weighted by Gasteiger charge is 2.36. The van der Waals surface area contributed by atoms with Crippen LogP contribution in [0.2, 0.25) is 0 Å². The maximum atomic E-state index is 14.1. The zero-order valence-corrected chi connectivity index (χ0v) is 42.5. The van der Waals surface area contributed by atoms with Gasteiger partial charge in [0, 0.05) is 62.3 Å². The summed E-state index contributed by atoms with van der Waals surface area (Å²) in [5, 5.41) is 28.0. The van der Waals surface area contributed by atoms with E-state index in [1.54, 1.807) is 52.4 Å². The van der Waals surface area contributed by atoms with Crippen molar-refractivity contribution >= 4 is 64.1 Å². The summed E-state index contributed by atoms with van der Waals surface area (Å²) in [6.45, 7) is 13.1. The largest absolute Gasteiger partial charge is 0.390 e. The van der Waals surface area contributed by atoms with Crippen molar-refractivity contribution < 1.29 is 48.3 Å². The summed E-state index contributed by atoms with van der Waals surface area (Å²) in [6.07, 6.45) is 2.84. The van der Waals surface area contributed by atoms with Crippen LogP contribution >= 0.6 is 0 Å². The number of aliphatic hydroxyl groups is 1. The third kappa shape index (κ3) is 18.1. The Balaban J connectivity index is 1.74. The number of carbonyl (C=O) groups excluding carboxylic acids is 9. The number of nitrogens with one attached hydrogen (secondary N) is 7. The van der Waals surface area contributed by atoms with Crippen molar-refractivity contribution in [3.63, 3.8) is 0 Å². The van der Waals surface area contributed by atoms with E-state index in [1.165, 1.54) is 26.5 Å². The lowest BCUT2D eigenvalue weighted by Crippen LogP contribution is -2.59. The average Bonchev–Trinajstić information content (AvgIpc) is 3.88. The Labute approximate surface area is 414 Å². The minimum absolute atomic E-state index is 0.000107. The molecule has 0 aliphatic heterocycles. The monoisotopic (exact) mass is 994 g/mol. The number of rotatable bonds is 27. The Morgan fingerprint density at radius 2 is 1.45 bits per heavy atom. The molecule has 392 valence electrons. The molecule has 3 aromatic rings. The molecule has 0 saturated heterocycles. The van der Waals surface area contributed by atoms with Crippen LogP contribution in [0.3, 0.4) is 0 Å². The molecule has 9 amide bonds. The smallest absolute Gasteiger partial charge is 0.245 e. The molecule has 14 N–H and O–H groups in total. The molecule has 0 unspecified atom stereocenters. The van der Waals surface area contributed by atoms with Gasteiger partial charge in [0.1, 0.15) is 30.2 Å². The molecule has 2 aromatic heterocycles. The van der Waals surface area contributed by atoms with E-state index >= 15 is 0 Å². The van der Waals surface area contributed by atoms with Crippen LogP contribution in [0, 0.1) is 17.3 Å². The summed E-state index contributed by atoms with van der Waals surface area (Å²) < 4.78 is 1.65. The molecule has 0 fully saturated rings. The number of primary amides is 2. The molecule has 0 aliphatic carbocycles. The molecule has 23 heteroatoms. The van der Waals surface area contributed by atoms with Gasteiger partial charge in [0.15, 0.2) is 0 Å². The van der Waals surface area contributed by atoms with Gasteiger partial charge in [-0.25, -0.2) is 4.98 Å². The lowest BCUT2D eigenvalue weighted by molar-refractivity contribution is -0.140. The van der Waals surface area contributed by atoms with Gasteiger partial charge >= 0.3 is 0 Å². The van der Waals surface area contributed by atoms with Gasteiger partial charge in [-0.3, -0.25) is 43.2 Å². The number of nitrogens with zero attached hydrogens (tertiary/aromatic N) is 3. The molecule has 0 radical (unpaired) electrons. The number of aromatic amines is 1. The van der Waals surface area contributed by atoms with Crippen LogP contribution in [0.4, 0.5) is 0 Å². The predicted octanol–water partition coefficient (Wildman–Crippen LogP) is -1.35. The fraction of sp³-hybridized carbons (Fsp3) is 0.583. The van der Waals surface area contributed by atoms with E-state index < -0.39 is 126 Å². The third-order valence-corrected chi connectivity index (χ3v) is 11.9. The number of carbonyl (C=O) groups is 9. The maximum absolute atomic E-state index is 14.1. The maximum Gasteiger partial charge on any atom is 0.245 e. The predicted molar refractivity (Wildman–Crippen MR) is 264 cm³/mol. The molecule has 3 rings (SSSR count). The van der Waals surface area contributed by atoms with Crippen LogP contribution < -0.4 is 49.1 Å². The highest BCUT2D eigenvalue weighted by atomic mass is 16.3. The number of likely N-dealkylation sites (N-methyl/N-ethyl adjacent to an activating group) is 1. The standard InChI is InChI=1S/C48H75N13O10/c1-25(2)17-33(36(62)20-38(64)58-41(42(51)66)48(6,7)8)56-46(70)35(19-29-22-52-24-61(29)10)55-39(65)23-60(9)47(71)40(26(3)4)59-43(67)27(5)54-45(69)34(57-44(68)31(49)15-16-37(50)63)18-28-21-53-32-14-12-11-13-30(28)32/h11-14,21-22,24-27,31,33-36,40-41,53,62H,15-20,23,49H2,1-10H3,(H2,50,63)(H2,51,66)(H,54,69)(H,55,65)(H,56,70)(H,57,68)(H,58,64)(H,59,67)/t27-,31-,33-,34-,35-,36-,40-,41+/m0/s1. The van der Waals surface area contributed by atoms with E-state index in [1.807, 2.05) is 38.1 Å². The van der Waals surface area contributed by atoms with Gasteiger partial charge in [-0.05, 0) is 48.6 Å². The number of nitrogens with two attached hydrogens (primary N) is 3. The van der Waals surface area contributed by atoms with Crippen molar-refractivity contribution in [2.24, 2.45) is 41.5 Å². The number of imidazole rings is 1. The summed E-state index contributed by atoms with van der Waals surface area (Å²) in [5.41, 5.74) is 18.1. The normalized spacial score (nSPS) is 15.0. The number of aliphatic hydroxyl groups excluding tert-OH is 1. The topological polar surface area (TPSA) is 361 Å². The van der Waals surface area contributed by atoms with E-state index in [0.29, 0.717) is 11.3 Å². The highest BCUT2D eigenvalue weighted by molar-refractivity contribution is 5.96. The second-order valence-corrected chi connectivity index (χ2v) is 20.0. The minimum atomic E-state index is -1.40. The molecule has 8 atom stereocenters. The number of aryl methyl sites for hydroxylation is 1. The summed E-state index contributed by atoms with van der Waals surface area (Å²) in [4.78, 5) is 127. The summed E-state index contributed by atoms with van der Waals surface area (Å²) in [5.74, 6) is -6.91. The van der Waals surface area contributed by atoms with Gasteiger partial charge < -0.3 is 68.7 Å². The van der Waals surface area contributed by atoms with Crippen molar-refractivity contribution in [3.8, 4) is 0 Å². The van der Waals surface area contributed by atoms with E-state index in [-0.39, 0.29) is 38.0 Å². The van der Waals surface area contributed by atoms with Gasteiger partial charge in [-0.15, -0.1) is 0 Å². The molecular formula is C48H75N13O10. The molecule has 0 aliphatic rings. The number of hydrogen-bond acceptors (Lipinski definition) is 12. The van der Waals surface area contributed by atoms with Crippen LogP contribution in [-0.2, 0) is 63.0 Å².